The third kappa shape index (κ3) is 6.72. The molecule has 0 bridgehead atoms. The number of ketones is 1. The van der Waals surface area contributed by atoms with Crippen molar-refractivity contribution in [3.05, 3.63) is 23.8 Å². The number of nitrogens with one attached hydrogen (secondary N) is 1. The summed E-state index contributed by atoms with van der Waals surface area (Å²) in [5.74, 6) is 0.688. The van der Waals surface area contributed by atoms with Crippen LogP contribution in [0.5, 0.6) is 11.5 Å². The molecule has 0 aliphatic carbocycles. The lowest BCUT2D eigenvalue weighted by Gasteiger charge is -2.15. The molecule has 1 N–H and O–H groups in total. The first-order valence-corrected chi connectivity index (χ1v) is 8.09. The highest BCUT2D eigenvalue weighted by molar-refractivity contribution is 5.94. The van der Waals surface area contributed by atoms with Crippen molar-refractivity contribution in [2.45, 2.75) is 52.5 Å². The van der Waals surface area contributed by atoms with Gasteiger partial charge in [-0.2, -0.15) is 0 Å². The molecule has 5 nitrogen and oxygen atoms in total. The Kier molecular flexibility index (Phi) is 8.16. The molecule has 23 heavy (non-hydrogen) atoms. The first-order chi connectivity index (χ1) is 11.0. The molecule has 5 heteroatoms. The number of methoxy groups -OCH3 is 1. The maximum Gasteiger partial charge on any atom is 0.258 e. The highest BCUT2D eigenvalue weighted by Gasteiger charge is 2.12. The number of carbonyl (C=O) groups excluding carboxylic acids is 2. The fourth-order valence-corrected chi connectivity index (χ4v) is 2.24. The van der Waals surface area contributed by atoms with Gasteiger partial charge in [0.2, 0.25) is 0 Å². The van der Waals surface area contributed by atoms with Gasteiger partial charge in [-0.05, 0) is 38.5 Å². The zero-order chi connectivity index (χ0) is 17.2. The summed E-state index contributed by atoms with van der Waals surface area (Å²) >= 11 is 0. The van der Waals surface area contributed by atoms with Gasteiger partial charge in [-0.1, -0.05) is 26.2 Å². The molecule has 1 aromatic rings. The molecule has 1 aromatic carbocycles. The molecule has 0 aliphatic rings. The van der Waals surface area contributed by atoms with E-state index in [0.29, 0.717) is 17.1 Å². The number of ether oxygens (including phenoxy) is 2. The Balaban J connectivity index is 2.50. The van der Waals surface area contributed by atoms with E-state index >= 15 is 0 Å². The second-order valence-corrected chi connectivity index (χ2v) is 5.67. The van der Waals surface area contributed by atoms with Gasteiger partial charge in [0.1, 0.15) is 0 Å². The molecule has 0 aliphatic heterocycles. The minimum Gasteiger partial charge on any atom is -0.493 e. The highest BCUT2D eigenvalue weighted by Crippen LogP contribution is 2.28. The third-order valence-corrected chi connectivity index (χ3v) is 3.58. The van der Waals surface area contributed by atoms with E-state index in [4.69, 9.17) is 9.47 Å². The largest absolute Gasteiger partial charge is 0.493 e. The molecule has 1 rings (SSSR count). The monoisotopic (exact) mass is 321 g/mol. The molecule has 128 valence electrons. The molecule has 0 aromatic heterocycles. The van der Waals surface area contributed by atoms with Crippen LogP contribution in [0.3, 0.4) is 0 Å². The van der Waals surface area contributed by atoms with Crippen molar-refractivity contribution < 1.29 is 19.1 Å². The van der Waals surface area contributed by atoms with Crippen LogP contribution in [0.15, 0.2) is 18.2 Å². The van der Waals surface area contributed by atoms with E-state index in [9.17, 15) is 9.59 Å². The van der Waals surface area contributed by atoms with Gasteiger partial charge < -0.3 is 14.8 Å². The number of unbranched alkanes of at least 4 members (excludes halogenated alkanes) is 2. The molecule has 1 unspecified atom stereocenters. The second kappa shape index (κ2) is 9.87. The fraction of sp³-hybridized carbons (Fsp3) is 0.556. The van der Waals surface area contributed by atoms with Crippen molar-refractivity contribution in [1.82, 2.24) is 5.32 Å². The lowest BCUT2D eigenvalue weighted by atomic mass is 10.1. The van der Waals surface area contributed by atoms with Crippen molar-refractivity contribution >= 4 is 11.7 Å². The van der Waals surface area contributed by atoms with Gasteiger partial charge in [0.05, 0.1) is 7.11 Å². The molecule has 0 saturated heterocycles. The Hall–Kier alpha value is -2.04. The first kappa shape index (κ1) is 19.0. The van der Waals surface area contributed by atoms with E-state index < -0.39 is 0 Å². The van der Waals surface area contributed by atoms with Crippen LogP contribution in [0.25, 0.3) is 0 Å². The van der Waals surface area contributed by atoms with Gasteiger partial charge in [0.25, 0.3) is 5.91 Å². The van der Waals surface area contributed by atoms with Crippen LogP contribution in [0.1, 0.15) is 56.8 Å². The predicted molar refractivity (Wildman–Crippen MR) is 90.2 cm³/mol. The maximum atomic E-state index is 11.9. The topological polar surface area (TPSA) is 64.6 Å². The number of rotatable bonds is 10. The highest BCUT2D eigenvalue weighted by atomic mass is 16.5. The van der Waals surface area contributed by atoms with Crippen molar-refractivity contribution in [3.8, 4) is 11.5 Å². The summed E-state index contributed by atoms with van der Waals surface area (Å²) in [4.78, 5) is 23.3. The van der Waals surface area contributed by atoms with E-state index in [0.717, 1.165) is 12.8 Å². The average molecular weight is 321 g/mol. The Morgan fingerprint density at radius 2 is 1.96 bits per heavy atom. The Morgan fingerprint density at radius 3 is 2.57 bits per heavy atom. The summed E-state index contributed by atoms with van der Waals surface area (Å²) < 4.78 is 10.7. The third-order valence-electron chi connectivity index (χ3n) is 3.58. The lowest BCUT2D eigenvalue weighted by Crippen LogP contribution is -2.36. The molecule has 1 amide bonds. The minimum absolute atomic E-state index is 0.0477. The van der Waals surface area contributed by atoms with E-state index in [1.165, 1.54) is 26.9 Å². The summed E-state index contributed by atoms with van der Waals surface area (Å²) in [6, 6.07) is 5.06. The Labute approximate surface area is 138 Å². The number of Topliss-reactive ketones (excluding diaryl/α,β-unsaturated/α-hetero) is 1. The molecule has 0 heterocycles. The van der Waals surface area contributed by atoms with Crippen molar-refractivity contribution in [2.24, 2.45) is 0 Å². The Morgan fingerprint density at radius 1 is 1.22 bits per heavy atom. The number of benzene rings is 1. The molecule has 0 fully saturated rings. The van der Waals surface area contributed by atoms with Crippen LogP contribution in [0.2, 0.25) is 0 Å². The SMILES string of the molecule is CCCCCC(C)NC(=O)COc1ccc(C(C)=O)cc1OC. The number of hydrogen-bond acceptors (Lipinski definition) is 4. The molecular weight excluding hydrogens is 294 g/mol. The Bertz CT molecular complexity index is 528. The quantitative estimate of drug-likeness (QED) is 0.530. The predicted octanol–water partition coefficient (Wildman–Crippen LogP) is 3.36. The van der Waals surface area contributed by atoms with Gasteiger partial charge in [-0.15, -0.1) is 0 Å². The molecule has 0 spiro atoms. The normalized spacial score (nSPS) is 11.7. The summed E-state index contributed by atoms with van der Waals surface area (Å²) in [5.41, 5.74) is 0.545. The van der Waals surface area contributed by atoms with E-state index in [-0.39, 0.29) is 24.3 Å². The van der Waals surface area contributed by atoms with E-state index in [2.05, 4.69) is 12.2 Å². The van der Waals surface area contributed by atoms with Crippen LogP contribution in [0.4, 0.5) is 0 Å². The van der Waals surface area contributed by atoms with Crippen LogP contribution in [0, 0.1) is 0 Å². The van der Waals surface area contributed by atoms with Crippen molar-refractivity contribution in [1.29, 1.82) is 0 Å². The molecular formula is C18H27NO4. The lowest BCUT2D eigenvalue weighted by molar-refractivity contribution is -0.123. The first-order valence-electron chi connectivity index (χ1n) is 8.09. The maximum absolute atomic E-state index is 11.9. The molecule has 0 radical (unpaired) electrons. The van der Waals surface area contributed by atoms with Crippen LogP contribution in [-0.2, 0) is 4.79 Å². The smallest absolute Gasteiger partial charge is 0.258 e. The number of amides is 1. The zero-order valence-electron chi connectivity index (χ0n) is 14.5. The summed E-state index contributed by atoms with van der Waals surface area (Å²) in [6.07, 6.45) is 4.42. The fourth-order valence-electron chi connectivity index (χ4n) is 2.24. The van der Waals surface area contributed by atoms with Crippen molar-refractivity contribution in [3.63, 3.8) is 0 Å². The number of hydrogen-bond donors (Lipinski definition) is 1. The molecule has 0 saturated carbocycles. The van der Waals surface area contributed by atoms with E-state index in [1.807, 2.05) is 6.92 Å². The van der Waals surface area contributed by atoms with Gasteiger partial charge in [0.15, 0.2) is 23.9 Å². The van der Waals surface area contributed by atoms with Crippen LogP contribution < -0.4 is 14.8 Å². The summed E-state index contributed by atoms with van der Waals surface area (Å²) in [7, 11) is 1.50. The van der Waals surface area contributed by atoms with Gasteiger partial charge in [-0.25, -0.2) is 0 Å². The van der Waals surface area contributed by atoms with E-state index in [1.54, 1.807) is 18.2 Å². The van der Waals surface area contributed by atoms with Gasteiger partial charge in [0, 0.05) is 11.6 Å². The van der Waals surface area contributed by atoms with Gasteiger partial charge >= 0.3 is 0 Å². The van der Waals surface area contributed by atoms with Crippen LogP contribution >= 0.6 is 0 Å². The molecule has 1 atom stereocenters. The zero-order valence-corrected chi connectivity index (χ0v) is 14.5. The minimum atomic E-state index is -0.160. The summed E-state index contributed by atoms with van der Waals surface area (Å²) in [6.45, 7) is 5.56. The number of carbonyl (C=O) groups is 2. The van der Waals surface area contributed by atoms with Gasteiger partial charge in [-0.3, -0.25) is 9.59 Å². The standard InChI is InChI=1S/C18H27NO4/c1-5-6-7-8-13(2)19-18(21)12-23-16-10-9-15(14(3)20)11-17(16)22-4/h9-11,13H,5-8,12H2,1-4H3,(H,19,21). The van der Waals surface area contributed by atoms with Crippen LogP contribution in [-0.4, -0.2) is 31.4 Å². The summed E-state index contributed by atoms with van der Waals surface area (Å²) in [5, 5.41) is 2.92. The van der Waals surface area contributed by atoms with Crippen molar-refractivity contribution in [2.75, 3.05) is 13.7 Å². The average Bonchev–Trinajstić information content (AvgIpc) is 2.52. The second-order valence-electron chi connectivity index (χ2n) is 5.67.